The maximum absolute atomic E-state index is 10.3. The molecule has 0 aromatic carbocycles. The van der Waals surface area contributed by atoms with Crippen molar-refractivity contribution < 1.29 is 9.90 Å². The van der Waals surface area contributed by atoms with Crippen molar-refractivity contribution in [1.29, 1.82) is 0 Å². The highest BCUT2D eigenvalue weighted by Gasteiger charge is 2.38. The number of carboxylic acids is 1. The van der Waals surface area contributed by atoms with Crippen LogP contribution in [0.3, 0.4) is 0 Å². The van der Waals surface area contributed by atoms with Crippen molar-refractivity contribution in [3.05, 3.63) is 24.3 Å². The van der Waals surface area contributed by atoms with Crippen LogP contribution in [0, 0.1) is 11.3 Å². The van der Waals surface area contributed by atoms with Crippen LogP contribution in [0.25, 0.3) is 0 Å². The van der Waals surface area contributed by atoms with E-state index in [0.29, 0.717) is 5.92 Å². The molecule has 0 aromatic rings. The van der Waals surface area contributed by atoms with E-state index in [2.05, 4.69) is 12.2 Å². The SMILES string of the molecule is O=C(O)C=CC12C=CC(CC1)C2. The van der Waals surface area contributed by atoms with E-state index < -0.39 is 5.97 Å². The minimum Gasteiger partial charge on any atom is -0.478 e. The summed E-state index contributed by atoms with van der Waals surface area (Å²) in [5.74, 6) is -0.128. The van der Waals surface area contributed by atoms with Gasteiger partial charge in [0.15, 0.2) is 0 Å². The smallest absolute Gasteiger partial charge is 0.328 e. The number of fused-ring (bicyclic) bond motifs is 2. The van der Waals surface area contributed by atoms with Gasteiger partial charge in [0, 0.05) is 11.5 Å². The largest absolute Gasteiger partial charge is 0.478 e. The van der Waals surface area contributed by atoms with Crippen molar-refractivity contribution in [3.63, 3.8) is 0 Å². The molecule has 2 aliphatic carbocycles. The second-order valence-electron chi connectivity index (χ2n) is 3.77. The first kappa shape index (κ1) is 7.59. The average molecular weight is 164 g/mol. The van der Waals surface area contributed by atoms with Gasteiger partial charge in [-0.15, -0.1) is 0 Å². The van der Waals surface area contributed by atoms with Crippen LogP contribution in [0.15, 0.2) is 24.3 Å². The maximum atomic E-state index is 10.3. The molecule has 0 heterocycles. The van der Waals surface area contributed by atoms with E-state index in [1.54, 1.807) is 0 Å². The number of allylic oxidation sites excluding steroid dienone is 3. The number of carboxylic acid groups (broad SMARTS) is 1. The summed E-state index contributed by atoms with van der Waals surface area (Å²) in [4.78, 5) is 10.3. The van der Waals surface area contributed by atoms with Crippen LogP contribution in [0.4, 0.5) is 0 Å². The standard InChI is InChI=1S/C10H12O2/c11-9(12)3-6-10-4-1-8(7-10)2-5-10/h1,3-4,6,8H,2,5,7H2,(H,11,12). The van der Waals surface area contributed by atoms with Crippen LogP contribution in [0.5, 0.6) is 0 Å². The Morgan fingerprint density at radius 1 is 1.67 bits per heavy atom. The lowest BCUT2D eigenvalue weighted by atomic mass is 9.87. The summed E-state index contributed by atoms with van der Waals surface area (Å²) in [6.45, 7) is 0. The summed E-state index contributed by atoms with van der Waals surface area (Å²) in [6.07, 6.45) is 11.0. The van der Waals surface area contributed by atoms with E-state index in [4.69, 9.17) is 5.11 Å². The van der Waals surface area contributed by atoms with Crippen molar-refractivity contribution in [2.24, 2.45) is 11.3 Å². The molecular formula is C10H12O2. The maximum Gasteiger partial charge on any atom is 0.328 e. The van der Waals surface area contributed by atoms with Gasteiger partial charge in [0.1, 0.15) is 0 Å². The van der Waals surface area contributed by atoms with Gasteiger partial charge < -0.3 is 5.11 Å². The predicted octanol–water partition coefficient (Wildman–Crippen LogP) is 1.98. The Labute approximate surface area is 71.6 Å². The molecule has 1 N–H and O–H groups in total. The zero-order valence-corrected chi connectivity index (χ0v) is 6.86. The third-order valence-corrected chi connectivity index (χ3v) is 2.88. The third kappa shape index (κ3) is 1.17. The Bertz CT molecular complexity index is 265. The first-order valence-corrected chi connectivity index (χ1v) is 4.32. The van der Waals surface area contributed by atoms with E-state index in [-0.39, 0.29) is 5.41 Å². The van der Waals surface area contributed by atoms with Gasteiger partial charge in [0.25, 0.3) is 0 Å². The molecule has 2 bridgehead atoms. The fourth-order valence-corrected chi connectivity index (χ4v) is 2.23. The quantitative estimate of drug-likeness (QED) is 0.500. The van der Waals surface area contributed by atoms with Crippen LogP contribution in [0.2, 0.25) is 0 Å². The molecule has 2 unspecified atom stereocenters. The molecule has 0 amide bonds. The van der Waals surface area contributed by atoms with Crippen LogP contribution < -0.4 is 0 Å². The highest BCUT2D eigenvalue weighted by Crippen LogP contribution is 2.49. The highest BCUT2D eigenvalue weighted by molar-refractivity contribution is 5.80. The van der Waals surface area contributed by atoms with Crippen molar-refractivity contribution in [1.82, 2.24) is 0 Å². The summed E-state index contributed by atoms with van der Waals surface area (Å²) in [5.41, 5.74) is 0.100. The fraction of sp³-hybridized carbons (Fsp3) is 0.500. The summed E-state index contributed by atoms with van der Waals surface area (Å²) in [7, 11) is 0. The van der Waals surface area contributed by atoms with E-state index in [0.717, 1.165) is 12.8 Å². The molecule has 12 heavy (non-hydrogen) atoms. The number of carbonyl (C=O) groups is 1. The first-order chi connectivity index (χ1) is 5.70. The van der Waals surface area contributed by atoms with Crippen molar-refractivity contribution >= 4 is 5.97 Å². The topological polar surface area (TPSA) is 37.3 Å². The zero-order chi connectivity index (χ0) is 8.60. The van der Waals surface area contributed by atoms with E-state index >= 15 is 0 Å². The van der Waals surface area contributed by atoms with Gasteiger partial charge in [-0.2, -0.15) is 0 Å². The normalized spacial score (nSPS) is 38.2. The van der Waals surface area contributed by atoms with Gasteiger partial charge in [-0.05, 0) is 25.2 Å². The predicted molar refractivity (Wildman–Crippen MR) is 45.7 cm³/mol. The van der Waals surface area contributed by atoms with E-state index in [1.165, 1.54) is 12.5 Å². The molecule has 0 aromatic heterocycles. The van der Waals surface area contributed by atoms with Gasteiger partial charge in [-0.3, -0.25) is 0 Å². The molecule has 2 nitrogen and oxygen atoms in total. The summed E-state index contributed by atoms with van der Waals surface area (Å²) in [6, 6.07) is 0. The second-order valence-corrected chi connectivity index (χ2v) is 3.77. The molecule has 0 aliphatic heterocycles. The van der Waals surface area contributed by atoms with Gasteiger partial charge >= 0.3 is 5.97 Å². The fourth-order valence-electron chi connectivity index (χ4n) is 2.23. The number of hydrogen-bond donors (Lipinski definition) is 1. The summed E-state index contributed by atoms with van der Waals surface area (Å²) < 4.78 is 0. The molecule has 2 aliphatic rings. The molecule has 0 spiro atoms. The lowest BCUT2D eigenvalue weighted by Gasteiger charge is -2.17. The van der Waals surface area contributed by atoms with Crippen LogP contribution >= 0.6 is 0 Å². The molecule has 2 heteroatoms. The average Bonchev–Trinajstić information content (AvgIpc) is 2.60. The van der Waals surface area contributed by atoms with E-state index in [9.17, 15) is 4.79 Å². The third-order valence-electron chi connectivity index (χ3n) is 2.88. The Morgan fingerprint density at radius 3 is 2.92 bits per heavy atom. The lowest BCUT2D eigenvalue weighted by molar-refractivity contribution is -0.131. The van der Waals surface area contributed by atoms with Gasteiger partial charge in [0.05, 0.1) is 0 Å². The Kier molecular flexibility index (Phi) is 1.56. The van der Waals surface area contributed by atoms with Crippen molar-refractivity contribution in [2.75, 3.05) is 0 Å². The molecule has 1 saturated carbocycles. The summed E-state index contributed by atoms with van der Waals surface area (Å²) in [5, 5.41) is 8.49. The first-order valence-electron chi connectivity index (χ1n) is 4.32. The molecule has 2 atom stereocenters. The van der Waals surface area contributed by atoms with Gasteiger partial charge in [-0.25, -0.2) is 4.79 Å². The van der Waals surface area contributed by atoms with Gasteiger partial charge in [0.2, 0.25) is 0 Å². The van der Waals surface area contributed by atoms with Crippen LogP contribution in [-0.2, 0) is 4.79 Å². The monoisotopic (exact) mass is 164 g/mol. The Balaban J connectivity index is 2.13. The highest BCUT2D eigenvalue weighted by atomic mass is 16.4. The van der Waals surface area contributed by atoms with Crippen LogP contribution in [0.1, 0.15) is 19.3 Å². The molecular weight excluding hydrogens is 152 g/mol. The summed E-state index contributed by atoms with van der Waals surface area (Å²) >= 11 is 0. The van der Waals surface area contributed by atoms with Gasteiger partial charge in [-0.1, -0.05) is 18.2 Å². The Hall–Kier alpha value is -1.05. The second kappa shape index (κ2) is 2.47. The van der Waals surface area contributed by atoms with E-state index in [1.807, 2.05) is 6.08 Å². The van der Waals surface area contributed by atoms with Crippen molar-refractivity contribution in [2.45, 2.75) is 19.3 Å². The number of aliphatic carboxylic acids is 1. The lowest BCUT2D eigenvalue weighted by Crippen LogP contribution is -2.07. The molecule has 0 saturated heterocycles. The number of hydrogen-bond acceptors (Lipinski definition) is 1. The minimum absolute atomic E-state index is 0.100. The minimum atomic E-state index is -0.840. The molecule has 1 fully saturated rings. The molecule has 2 rings (SSSR count). The zero-order valence-electron chi connectivity index (χ0n) is 6.86. The number of rotatable bonds is 2. The Morgan fingerprint density at radius 2 is 2.50 bits per heavy atom. The molecule has 64 valence electrons. The van der Waals surface area contributed by atoms with Crippen LogP contribution in [-0.4, -0.2) is 11.1 Å². The van der Waals surface area contributed by atoms with Crippen molar-refractivity contribution in [3.8, 4) is 0 Å². The molecule has 0 radical (unpaired) electrons.